The van der Waals surface area contributed by atoms with Crippen molar-refractivity contribution in [3.05, 3.63) is 60.2 Å². The number of benzene rings is 2. The number of hydrogen-bond donors (Lipinski definition) is 1. The highest BCUT2D eigenvalue weighted by Crippen LogP contribution is 2.18. The first-order valence-corrected chi connectivity index (χ1v) is 7.03. The van der Waals surface area contributed by atoms with Gasteiger partial charge in [0.1, 0.15) is 0 Å². The van der Waals surface area contributed by atoms with Crippen molar-refractivity contribution in [3.63, 3.8) is 0 Å². The minimum Gasteiger partial charge on any atom is -0.372 e. The zero-order chi connectivity index (χ0) is 14.2. The predicted octanol–water partition coefficient (Wildman–Crippen LogP) is 3.98. The highest BCUT2D eigenvalue weighted by molar-refractivity contribution is 5.88. The fourth-order valence-corrected chi connectivity index (χ4v) is 2.14. The van der Waals surface area contributed by atoms with Gasteiger partial charge in [-0.3, -0.25) is 5.43 Å². The van der Waals surface area contributed by atoms with Gasteiger partial charge in [0.25, 0.3) is 0 Å². The Balaban J connectivity index is 2.13. The number of para-hydroxylation sites is 2. The molecule has 0 aliphatic heterocycles. The van der Waals surface area contributed by atoms with Crippen LogP contribution in [-0.2, 0) is 0 Å². The normalized spacial score (nSPS) is 10.7. The summed E-state index contributed by atoms with van der Waals surface area (Å²) >= 11 is 0. The number of rotatable bonds is 6. The second-order valence-corrected chi connectivity index (χ2v) is 4.47. The molecule has 0 saturated carbocycles. The molecule has 0 aromatic heterocycles. The topological polar surface area (TPSA) is 27.6 Å². The van der Waals surface area contributed by atoms with E-state index in [1.54, 1.807) is 0 Å². The Morgan fingerprint density at radius 1 is 0.950 bits per heavy atom. The van der Waals surface area contributed by atoms with Crippen LogP contribution in [0.3, 0.4) is 0 Å². The summed E-state index contributed by atoms with van der Waals surface area (Å²) in [6.07, 6.45) is 1.88. The quantitative estimate of drug-likeness (QED) is 0.633. The highest BCUT2D eigenvalue weighted by atomic mass is 15.3. The summed E-state index contributed by atoms with van der Waals surface area (Å²) in [4.78, 5) is 2.32. The fraction of sp³-hybridized carbons (Fsp3) is 0.235. The standard InChI is InChI=1S/C17H21N3/c1-3-20(4-2)17-13-9-8-10-15(17)14-18-19-16-11-6-5-7-12-16/h5-14,19H,3-4H2,1-2H3/b18-14+. The zero-order valence-electron chi connectivity index (χ0n) is 12.1. The Morgan fingerprint density at radius 3 is 2.30 bits per heavy atom. The summed E-state index contributed by atoms with van der Waals surface area (Å²) in [5.41, 5.74) is 6.38. The molecular weight excluding hydrogens is 246 g/mol. The number of hydrazone groups is 1. The molecule has 0 unspecified atom stereocenters. The van der Waals surface area contributed by atoms with Gasteiger partial charge in [0.05, 0.1) is 11.9 Å². The average molecular weight is 267 g/mol. The molecule has 0 aliphatic rings. The third-order valence-corrected chi connectivity index (χ3v) is 3.21. The van der Waals surface area contributed by atoms with E-state index in [0.717, 1.165) is 24.3 Å². The van der Waals surface area contributed by atoms with E-state index in [1.165, 1.54) is 5.69 Å². The highest BCUT2D eigenvalue weighted by Gasteiger charge is 2.05. The summed E-state index contributed by atoms with van der Waals surface area (Å²) in [6, 6.07) is 18.3. The Bertz CT molecular complexity index is 545. The smallest absolute Gasteiger partial charge is 0.0565 e. The first kappa shape index (κ1) is 14.1. The zero-order valence-corrected chi connectivity index (χ0v) is 12.1. The first-order chi connectivity index (χ1) is 9.85. The van der Waals surface area contributed by atoms with Crippen molar-refractivity contribution in [2.24, 2.45) is 5.10 Å². The minimum absolute atomic E-state index is 0.990. The molecule has 104 valence electrons. The molecule has 0 bridgehead atoms. The summed E-state index contributed by atoms with van der Waals surface area (Å²) in [7, 11) is 0. The number of nitrogens with zero attached hydrogens (tertiary/aromatic N) is 2. The van der Waals surface area contributed by atoms with Crippen LogP contribution in [-0.4, -0.2) is 19.3 Å². The molecule has 0 heterocycles. The molecule has 0 radical (unpaired) electrons. The summed E-state index contributed by atoms with van der Waals surface area (Å²) in [6.45, 7) is 6.32. The van der Waals surface area contributed by atoms with Crippen LogP contribution in [0.1, 0.15) is 19.4 Å². The van der Waals surface area contributed by atoms with Gasteiger partial charge in [-0.1, -0.05) is 36.4 Å². The summed E-state index contributed by atoms with van der Waals surface area (Å²) < 4.78 is 0. The second-order valence-electron chi connectivity index (χ2n) is 4.47. The van der Waals surface area contributed by atoms with Crippen molar-refractivity contribution < 1.29 is 0 Å². The van der Waals surface area contributed by atoms with Gasteiger partial charge < -0.3 is 4.90 Å². The van der Waals surface area contributed by atoms with Gasteiger partial charge in [-0.15, -0.1) is 0 Å². The second kappa shape index (κ2) is 7.34. The third kappa shape index (κ3) is 3.60. The molecule has 0 saturated heterocycles. The van der Waals surface area contributed by atoms with Crippen LogP contribution in [0.5, 0.6) is 0 Å². The Hall–Kier alpha value is -2.29. The average Bonchev–Trinajstić information content (AvgIpc) is 2.51. The number of anilines is 2. The van der Waals surface area contributed by atoms with Crippen molar-refractivity contribution in [1.82, 2.24) is 0 Å². The van der Waals surface area contributed by atoms with Crippen LogP contribution in [0.2, 0.25) is 0 Å². The van der Waals surface area contributed by atoms with Crippen LogP contribution in [0, 0.1) is 0 Å². The van der Waals surface area contributed by atoms with Gasteiger partial charge in [0.15, 0.2) is 0 Å². The van der Waals surface area contributed by atoms with Crippen LogP contribution in [0.15, 0.2) is 59.7 Å². The van der Waals surface area contributed by atoms with Crippen LogP contribution >= 0.6 is 0 Å². The third-order valence-electron chi connectivity index (χ3n) is 3.21. The Kier molecular flexibility index (Phi) is 5.18. The maximum absolute atomic E-state index is 4.32. The maximum atomic E-state index is 4.32. The van der Waals surface area contributed by atoms with Gasteiger partial charge in [-0.2, -0.15) is 5.10 Å². The van der Waals surface area contributed by atoms with Crippen molar-refractivity contribution in [2.45, 2.75) is 13.8 Å². The molecule has 0 amide bonds. The van der Waals surface area contributed by atoms with Crippen LogP contribution in [0.25, 0.3) is 0 Å². The lowest BCUT2D eigenvalue weighted by molar-refractivity contribution is 0.865. The van der Waals surface area contributed by atoms with E-state index in [1.807, 2.05) is 42.6 Å². The van der Waals surface area contributed by atoms with E-state index in [9.17, 15) is 0 Å². The van der Waals surface area contributed by atoms with Crippen molar-refractivity contribution in [1.29, 1.82) is 0 Å². The largest absolute Gasteiger partial charge is 0.372 e. The van der Waals surface area contributed by atoms with Crippen LogP contribution in [0.4, 0.5) is 11.4 Å². The molecule has 1 N–H and O–H groups in total. The van der Waals surface area contributed by atoms with E-state index >= 15 is 0 Å². The van der Waals surface area contributed by atoms with E-state index in [-0.39, 0.29) is 0 Å². The first-order valence-electron chi connectivity index (χ1n) is 7.03. The molecule has 2 aromatic rings. The maximum Gasteiger partial charge on any atom is 0.0565 e. The van der Waals surface area contributed by atoms with Gasteiger partial charge in [0.2, 0.25) is 0 Å². The van der Waals surface area contributed by atoms with E-state index in [2.05, 4.69) is 47.5 Å². The van der Waals surface area contributed by atoms with Crippen molar-refractivity contribution >= 4 is 17.6 Å². The molecule has 0 fully saturated rings. The molecule has 2 aromatic carbocycles. The molecule has 0 atom stereocenters. The van der Waals surface area contributed by atoms with E-state index in [4.69, 9.17) is 0 Å². The lowest BCUT2D eigenvalue weighted by atomic mass is 10.1. The SMILES string of the molecule is CCN(CC)c1ccccc1/C=N/Nc1ccccc1. The number of hydrogen-bond acceptors (Lipinski definition) is 3. The fourth-order valence-electron chi connectivity index (χ4n) is 2.14. The monoisotopic (exact) mass is 267 g/mol. The predicted molar refractivity (Wildman–Crippen MR) is 87.7 cm³/mol. The van der Waals surface area contributed by atoms with E-state index in [0.29, 0.717) is 0 Å². The van der Waals surface area contributed by atoms with Gasteiger partial charge in [-0.25, -0.2) is 0 Å². The Labute approximate surface area is 120 Å². The van der Waals surface area contributed by atoms with Crippen LogP contribution < -0.4 is 10.3 Å². The van der Waals surface area contributed by atoms with Gasteiger partial charge in [-0.05, 0) is 32.0 Å². The molecule has 2 rings (SSSR count). The lowest BCUT2D eigenvalue weighted by Gasteiger charge is -2.22. The van der Waals surface area contributed by atoms with Gasteiger partial charge in [0, 0.05) is 24.3 Å². The molecule has 20 heavy (non-hydrogen) atoms. The molecule has 3 heteroatoms. The lowest BCUT2D eigenvalue weighted by Crippen LogP contribution is -2.23. The molecule has 3 nitrogen and oxygen atoms in total. The number of nitrogens with one attached hydrogen (secondary N) is 1. The summed E-state index contributed by atoms with van der Waals surface area (Å²) in [5.74, 6) is 0. The van der Waals surface area contributed by atoms with Crippen molar-refractivity contribution in [3.8, 4) is 0 Å². The minimum atomic E-state index is 0.990. The molecule has 0 spiro atoms. The molecule has 0 aliphatic carbocycles. The Morgan fingerprint density at radius 2 is 1.60 bits per heavy atom. The van der Waals surface area contributed by atoms with Crippen molar-refractivity contribution in [2.75, 3.05) is 23.4 Å². The van der Waals surface area contributed by atoms with E-state index < -0.39 is 0 Å². The van der Waals surface area contributed by atoms with Gasteiger partial charge >= 0.3 is 0 Å². The summed E-state index contributed by atoms with van der Waals surface area (Å²) in [5, 5.41) is 4.32. The molecular formula is C17H21N3.